The van der Waals surface area contributed by atoms with E-state index >= 15 is 0 Å². The number of aryl methyl sites for hydroxylation is 2. The molecule has 4 rings (SSSR count). The average Bonchev–Trinajstić information content (AvgIpc) is 3.10. The Morgan fingerprint density at radius 1 is 1.13 bits per heavy atom. The third kappa shape index (κ3) is 4.12. The third-order valence-electron chi connectivity index (χ3n) is 5.23. The molecule has 4 aromatic rings. The number of carbonyl (C=O) groups is 1. The number of fused-ring (bicyclic) bond motifs is 1. The minimum Gasteiger partial charge on any atom is -0.481 e. The predicted octanol–water partition coefficient (Wildman–Crippen LogP) is 4.76. The van der Waals surface area contributed by atoms with Crippen LogP contribution >= 0.6 is 0 Å². The quantitative estimate of drug-likeness (QED) is 0.490. The lowest BCUT2D eigenvalue weighted by molar-refractivity contribution is -0.116. The number of nitrogens with zero attached hydrogens (tertiary/aromatic N) is 3. The molecule has 1 amide bonds. The summed E-state index contributed by atoms with van der Waals surface area (Å²) in [6.07, 6.45) is 0.655. The fourth-order valence-electron chi connectivity index (χ4n) is 3.77. The van der Waals surface area contributed by atoms with E-state index in [-0.39, 0.29) is 12.3 Å². The highest BCUT2D eigenvalue weighted by Crippen LogP contribution is 2.31. The van der Waals surface area contributed by atoms with Crippen molar-refractivity contribution in [1.29, 1.82) is 0 Å². The first-order valence-electron chi connectivity index (χ1n) is 10.0. The molecule has 0 fully saturated rings. The van der Waals surface area contributed by atoms with Crippen molar-refractivity contribution in [3.8, 4) is 11.6 Å². The third-order valence-corrected chi connectivity index (χ3v) is 5.23. The largest absolute Gasteiger partial charge is 0.481 e. The Kier molecular flexibility index (Phi) is 5.66. The van der Waals surface area contributed by atoms with Crippen molar-refractivity contribution in [3.63, 3.8) is 0 Å². The second-order valence-electron chi connectivity index (χ2n) is 7.31. The molecule has 158 valence electrons. The van der Waals surface area contributed by atoms with Crippen LogP contribution < -0.4 is 10.1 Å². The fraction of sp³-hybridized carbons (Fsp3) is 0.208. The predicted molar refractivity (Wildman–Crippen MR) is 118 cm³/mol. The van der Waals surface area contributed by atoms with Crippen molar-refractivity contribution >= 4 is 22.6 Å². The Hall–Kier alpha value is -3.74. The van der Waals surface area contributed by atoms with Crippen LogP contribution in [0.5, 0.6) is 5.88 Å². The Morgan fingerprint density at radius 2 is 1.90 bits per heavy atom. The van der Waals surface area contributed by atoms with Gasteiger partial charge in [0.25, 0.3) is 0 Å². The number of para-hydroxylation sites is 1. The van der Waals surface area contributed by atoms with Crippen LogP contribution in [-0.4, -0.2) is 27.8 Å². The smallest absolute Gasteiger partial charge is 0.224 e. The van der Waals surface area contributed by atoms with Gasteiger partial charge in [0.2, 0.25) is 11.8 Å². The number of aromatic nitrogens is 3. The van der Waals surface area contributed by atoms with Crippen LogP contribution in [0.2, 0.25) is 0 Å². The lowest BCUT2D eigenvalue weighted by Crippen LogP contribution is -2.13. The molecule has 0 aliphatic heterocycles. The zero-order chi connectivity index (χ0) is 22.0. The highest BCUT2D eigenvalue weighted by Gasteiger charge is 2.20. The molecule has 0 saturated carbocycles. The summed E-state index contributed by atoms with van der Waals surface area (Å²) in [5.41, 5.74) is 4.77. The summed E-state index contributed by atoms with van der Waals surface area (Å²) in [7, 11) is 1.57. The number of carbonyl (C=O) groups excluding carboxylic acids is 1. The molecule has 6 nitrogen and oxygen atoms in total. The van der Waals surface area contributed by atoms with Crippen molar-refractivity contribution in [2.45, 2.75) is 26.7 Å². The first-order valence-corrected chi connectivity index (χ1v) is 10.0. The first kappa shape index (κ1) is 20.5. The van der Waals surface area contributed by atoms with Crippen LogP contribution in [0.1, 0.15) is 23.2 Å². The van der Waals surface area contributed by atoms with E-state index < -0.39 is 5.82 Å². The van der Waals surface area contributed by atoms with Crippen LogP contribution in [0.3, 0.4) is 0 Å². The summed E-state index contributed by atoms with van der Waals surface area (Å²) in [5, 5.41) is 8.36. The molecule has 31 heavy (non-hydrogen) atoms. The van der Waals surface area contributed by atoms with Crippen LogP contribution in [0.4, 0.5) is 10.1 Å². The van der Waals surface area contributed by atoms with Crippen LogP contribution in [0.25, 0.3) is 16.7 Å². The van der Waals surface area contributed by atoms with Gasteiger partial charge < -0.3 is 10.1 Å². The molecule has 2 aromatic heterocycles. The number of amides is 1. The molecule has 2 aromatic carbocycles. The van der Waals surface area contributed by atoms with E-state index in [1.807, 2.05) is 44.2 Å². The van der Waals surface area contributed by atoms with Crippen molar-refractivity contribution in [3.05, 3.63) is 77.2 Å². The summed E-state index contributed by atoms with van der Waals surface area (Å²) >= 11 is 0. The van der Waals surface area contributed by atoms with Gasteiger partial charge in [0, 0.05) is 23.1 Å². The molecule has 0 aliphatic rings. The van der Waals surface area contributed by atoms with E-state index in [0.29, 0.717) is 23.6 Å². The Bertz CT molecular complexity index is 1250. The molecule has 0 aliphatic carbocycles. The highest BCUT2D eigenvalue weighted by molar-refractivity contribution is 5.91. The van der Waals surface area contributed by atoms with Gasteiger partial charge in [-0.25, -0.2) is 9.07 Å². The number of nitrogens with one attached hydrogen (secondary N) is 1. The second-order valence-corrected chi connectivity index (χ2v) is 7.31. The van der Waals surface area contributed by atoms with E-state index in [4.69, 9.17) is 9.72 Å². The molecule has 0 spiro atoms. The number of hydrogen-bond donors (Lipinski definition) is 1. The molecule has 2 heterocycles. The van der Waals surface area contributed by atoms with Gasteiger partial charge in [-0.05, 0) is 56.2 Å². The van der Waals surface area contributed by atoms with Crippen LogP contribution in [0, 0.1) is 19.7 Å². The average molecular weight is 418 g/mol. The zero-order valence-electron chi connectivity index (χ0n) is 17.6. The zero-order valence-corrected chi connectivity index (χ0v) is 17.6. The van der Waals surface area contributed by atoms with E-state index in [0.717, 1.165) is 27.9 Å². The lowest BCUT2D eigenvalue weighted by atomic mass is 10.0. The van der Waals surface area contributed by atoms with E-state index in [1.165, 1.54) is 12.1 Å². The number of hydrogen-bond acceptors (Lipinski definition) is 4. The van der Waals surface area contributed by atoms with Gasteiger partial charge in [-0.2, -0.15) is 10.1 Å². The molecule has 0 radical (unpaired) electrons. The minimum atomic E-state index is -0.393. The summed E-state index contributed by atoms with van der Waals surface area (Å²) in [4.78, 5) is 17.1. The van der Waals surface area contributed by atoms with Gasteiger partial charge >= 0.3 is 0 Å². The second kappa shape index (κ2) is 8.55. The van der Waals surface area contributed by atoms with E-state index in [1.54, 1.807) is 23.9 Å². The topological polar surface area (TPSA) is 69.0 Å². The molecule has 0 saturated heterocycles. The monoisotopic (exact) mass is 418 g/mol. The van der Waals surface area contributed by atoms with Crippen molar-refractivity contribution in [1.82, 2.24) is 14.8 Å². The Labute approximate surface area is 179 Å². The van der Waals surface area contributed by atoms with Crippen LogP contribution in [0.15, 0.2) is 54.6 Å². The van der Waals surface area contributed by atoms with Crippen molar-refractivity contribution in [2.24, 2.45) is 0 Å². The van der Waals surface area contributed by atoms with Crippen LogP contribution in [-0.2, 0) is 11.2 Å². The molecule has 0 unspecified atom stereocenters. The summed E-state index contributed by atoms with van der Waals surface area (Å²) in [5.74, 6) is -0.125. The number of benzene rings is 2. The molecular weight excluding hydrogens is 395 g/mol. The summed E-state index contributed by atoms with van der Waals surface area (Å²) < 4.78 is 20.7. The molecular formula is C24H23FN4O2. The maximum absolute atomic E-state index is 13.3. The number of halogens is 1. The number of ether oxygens (including phenoxy) is 1. The minimum absolute atomic E-state index is 0.205. The van der Waals surface area contributed by atoms with Crippen molar-refractivity contribution < 1.29 is 13.9 Å². The molecule has 7 heteroatoms. The summed E-state index contributed by atoms with van der Waals surface area (Å²) in [6, 6.07) is 15.6. The van der Waals surface area contributed by atoms with E-state index in [2.05, 4.69) is 10.4 Å². The van der Waals surface area contributed by atoms with Gasteiger partial charge in [0.05, 0.1) is 18.5 Å². The maximum Gasteiger partial charge on any atom is 0.224 e. The van der Waals surface area contributed by atoms with Crippen molar-refractivity contribution in [2.75, 3.05) is 12.4 Å². The van der Waals surface area contributed by atoms with Gasteiger partial charge in [0.1, 0.15) is 5.82 Å². The molecule has 0 bridgehead atoms. The van der Waals surface area contributed by atoms with Gasteiger partial charge in [0.15, 0.2) is 5.65 Å². The Balaban J connectivity index is 1.64. The number of methoxy groups -OCH3 is 1. The number of rotatable bonds is 6. The van der Waals surface area contributed by atoms with Gasteiger partial charge in [-0.15, -0.1) is 0 Å². The lowest BCUT2D eigenvalue weighted by Gasteiger charge is -2.13. The normalized spacial score (nSPS) is 11.0. The maximum atomic E-state index is 13.3. The Morgan fingerprint density at radius 3 is 2.61 bits per heavy atom. The fourth-order valence-corrected chi connectivity index (χ4v) is 3.77. The van der Waals surface area contributed by atoms with Gasteiger partial charge in [-0.1, -0.05) is 24.3 Å². The SMILES string of the molecule is COc1nc2c(c(C)nn2-c2ccccc2)c(C)c1CCC(=O)Nc1cccc(F)c1. The first-order chi connectivity index (χ1) is 15.0. The molecule has 1 N–H and O–H groups in total. The number of anilines is 1. The molecule has 0 atom stereocenters. The number of pyridine rings is 1. The van der Waals surface area contributed by atoms with E-state index in [9.17, 15) is 9.18 Å². The standard InChI is InChI=1S/C24H23FN4O2/c1-15-20(12-13-21(30)26-18-9-7-8-17(25)14-18)24(31-3)27-23-22(15)16(2)28-29(23)19-10-5-4-6-11-19/h4-11,14H,12-13H2,1-3H3,(H,26,30). The highest BCUT2D eigenvalue weighted by atomic mass is 19.1. The summed E-state index contributed by atoms with van der Waals surface area (Å²) in [6.45, 7) is 3.94. The van der Waals surface area contributed by atoms with Gasteiger partial charge in [-0.3, -0.25) is 4.79 Å².